The third-order valence-electron chi connectivity index (χ3n) is 4.46. The lowest BCUT2D eigenvalue weighted by atomic mass is 10.1. The van der Waals surface area contributed by atoms with Gasteiger partial charge in [0, 0.05) is 10.0 Å². The number of nitrogens with zero attached hydrogens (tertiary/aromatic N) is 1. The van der Waals surface area contributed by atoms with Crippen molar-refractivity contribution in [3.05, 3.63) is 81.8 Å². The normalized spacial score (nSPS) is 10.5. The number of carbonyl (C=O) groups is 2. The number of benzene rings is 3. The van der Waals surface area contributed by atoms with E-state index in [-0.39, 0.29) is 5.56 Å². The minimum absolute atomic E-state index is 0.288. The molecule has 170 valence electrons. The van der Waals surface area contributed by atoms with Gasteiger partial charge in [-0.1, -0.05) is 22.0 Å². The highest BCUT2D eigenvalue weighted by molar-refractivity contribution is 9.10. The van der Waals surface area contributed by atoms with Crippen LogP contribution in [0.25, 0.3) is 0 Å². The van der Waals surface area contributed by atoms with E-state index in [1.54, 1.807) is 42.5 Å². The molecule has 0 saturated carbocycles. The van der Waals surface area contributed by atoms with Crippen molar-refractivity contribution in [2.24, 2.45) is 5.10 Å². The lowest BCUT2D eigenvalue weighted by Gasteiger charge is -2.13. The third kappa shape index (κ3) is 6.11. The lowest BCUT2D eigenvalue weighted by Crippen LogP contribution is -2.18. The molecule has 1 N–H and O–H groups in total. The fraction of sp³-hybridized carbons (Fsp3) is 0.125. The standard InChI is InChI=1S/C24H21BrN2O6/c1-30-20-12-17(13-21(31-2)22(20)32-3)23(28)27-26-14-15-7-9-19(10-8-15)33-24(29)16-5-4-6-18(25)11-16/h4-14H,1-3H3,(H,27,28)/b26-14-. The zero-order valence-corrected chi connectivity index (χ0v) is 19.7. The van der Waals surface area contributed by atoms with Crippen LogP contribution in [0.15, 0.2) is 70.2 Å². The van der Waals surface area contributed by atoms with Crippen LogP contribution >= 0.6 is 15.9 Å². The molecule has 0 aromatic heterocycles. The predicted molar refractivity (Wildman–Crippen MR) is 127 cm³/mol. The van der Waals surface area contributed by atoms with E-state index in [1.165, 1.54) is 39.7 Å². The number of carbonyl (C=O) groups excluding carboxylic acids is 2. The average molecular weight is 513 g/mol. The van der Waals surface area contributed by atoms with Crippen LogP contribution in [0.1, 0.15) is 26.3 Å². The molecule has 0 heterocycles. The van der Waals surface area contributed by atoms with E-state index in [0.717, 1.165) is 4.47 Å². The molecule has 0 saturated heterocycles. The van der Waals surface area contributed by atoms with Crippen molar-refractivity contribution in [1.29, 1.82) is 0 Å². The summed E-state index contributed by atoms with van der Waals surface area (Å²) in [4.78, 5) is 24.7. The first-order chi connectivity index (χ1) is 15.9. The van der Waals surface area contributed by atoms with Gasteiger partial charge in [0.1, 0.15) is 5.75 Å². The summed E-state index contributed by atoms with van der Waals surface area (Å²) < 4.78 is 21.9. The number of ether oxygens (including phenoxy) is 4. The monoisotopic (exact) mass is 512 g/mol. The van der Waals surface area contributed by atoms with Crippen molar-refractivity contribution in [2.75, 3.05) is 21.3 Å². The largest absolute Gasteiger partial charge is 0.493 e. The minimum Gasteiger partial charge on any atom is -0.493 e. The summed E-state index contributed by atoms with van der Waals surface area (Å²) in [5.74, 6) is 0.581. The van der Waals surface area contributed by atoms with Crippen molar-refractivity contribution in [3.8, 4) is 23.0 Å². The smallest absolute Gasteiger partial charge is 0.343 e. The number of hydrogen-bond acceptors (Lipinski definition) is 7. The number of rotatable bonds is 8. The summed E-state index contributed by atoms with van der Waals surface area (Å²) in [5, 5.41) is 3.97. The van der Waals surface area contributed by atoms with Crippen LogP contribution in [0, 0.1) is 0 Å². The van der Waals surface area contributed by atoms with Gasteiger partial charge in [0.05, 0.1) is 33.1 Å². The van der Waals surface area contributed by atoms with Gasteiger partial charge < -0.3 is 18.9 Å². The second kappa shape index (κ2) is 11.1. The summed E-state index contributed by atoms with van der Waals surface area (Å²) >= 11 is 3.32. The molecule has 0 aliphatic carbocycles. The molecule has 3 aromatic carbocycles. The lowest BCUT2D eigenvalue weighted by molar-refractivity contribution is 0.0734. The first kappa shape index (κ1) is 23.8. The van der Waals surface area contributed by atoms with E-state index in [2.05, 4.69) is 26.5 Å². The molecule has 0 atom stereocenters. The molecular formula is C24H21BrN2O6. The van der Waals surface area contributed by atoms with E-state index < -0.39 is 11.9 Å². The Bertz CT molecular complexity index is 1150. The number of amides is 1. The highest BCUT2D eigenvalue weighted by Gasteiger charge is 2.16. The summed E-state index contributed by atoms with van der Waals surface area (Å²) in [7, 11) is 4.42. The fourth-order valence-corrected chi connectivity index (χ4v) is 3.24. The average Bonchev–Trinajstić information content (AvgIpc) is 2.83. The maximum atomic E-state index is 12.5. The molecular weight excluding hydrogens is 492 g/mol. The number of nitrogens with one attached hydrogen (secondary N) is 1. The van der Waals surface area contributed by atoms with E-state index in [4.69, 9.17) is 18.9 Å². The fourth-order valence-electron chi connectivity index (χ4n) is 2.85. The van der Waals surface area contributed by atoms with Crippen LogP contribution in [0.2, 0.25) is 0 Å². The van der Waals surface area contributed by atoms with Crippen LogP contribution in [0.4, 0.5) is 0 Å². The summed E-state index contributed by atoms with van der Waals surface area (Å²) in [6, 6.07) is 16.7. The quantitative estimate of drug-likeness (QED) is 0.207. The maximum absolute atomic E-state index is 12.5. The minimum atomic E-state index is -0.463. The van der Waals surface area contributed by atoms with Gasteiger partial charge in [0.15, 0.2) is 11.5 Å². The second-order valence-electron chi connectivity index (χ2n) is 6.58. The van der Waals surface area contributed by atoms with Gasteiger partial charge in [-0.25, -0.2) is 10.2 Å². The number of hydrogen-bond donors (Lipinski definition) is 1. The SMILES string of the molecule is COc1cc(C(=O)N/N=C\c2ccc(OC(=O)c3cccc(Br)c3)cc2)cc(OC)c1OC. The van der Waals surface area contributed by atoms with Crippen LogP contribution in [0.3, 0.4) is 0 Å². The van der Waals surface area contributed by atoms with Gasteiger partial charge in [-0.05, 0) is 60.2 Å². The molecule has 3 aromatic rings. The van der Waals surface area contributed by atoms with E-state index >= 15 is 0 Å². The number of esters is 1. The van der Waals surface area contributed by atoms with Gasteiger partial charge in [0.25, 0.3) is 5.91 Å². The molecule has 0 bridgehead atoms. The molecule has 0 spiro atoms. The van der Waals surface area contributed by atoms with Crippen LogP contribution in [0.5, 0.6) is 23.0 Å². The van der Waals surface area contributed by atoms with Crippen molar-refractivity contribution in [3.63, 3.8) is 0 Å². The van der Waals surface area contributed by atoms with E-state index in [1.807, 2.05) is 6.07 Å². The predicted octanol–water partition coefficient (Wildman–Crippen LogP) is 4.46. The molecule has 1 amide bonds. The van der Waals surface area contributed by atoms with Crippen molar-refractivity contribution in [2.45, 2.75) is 0 Å². The van der Waals surface area contributed by atoms with Gasteiger partial charge in [-0.3, -0.25) is 4.79 Å². The van der Waals surface area contributed by atoms with Crippen molar-refractivity contribution in [1.82, 2.24) is 5.43 Å². The molecule has 9 heteroatoms. The molecule has 0 fully saturated rings. The Hall–Kier alpha value is -3.85. The molecule has 0 unspecified atom stereocenters. The second-order valence-corrected chi connectivity index (χ2v) is 7.50. The summed E-state index contributed by atoms with van der Waals surface area (Å²) in [6.07, 6.45) is 1.47. The Morgan fingerprint density at radius 2 is 1.55 bits per heavy atom. The molecule has 8 nitrogen and oxygen atoms in total. The van der Waals surface area contributed by atoms with E-state index in [0.29, 0.717) is 34.1 Å². The zero-order chi connectivity index (χ0) is 23.8. The number of hydrazone groups is 1. The first-order valence-electron chi connectivity index (χ1n) is 9.66. The van der Waals surface area contributed by atoms with Crippen LogP contribution < -0.4 is 24.4 Å². The van der Waals surface area contributed by atoms with Crippen LogP contribution in [-0.2, 0) is 0 Å². The Morgan fingerprint density at radius 3 is 2.12 bits per heavy atom. The number of methoxy groups -OCH3 is 3. The van der Waals surface area contributed by atoms with Gasteiger partial charge in [-0.15, -0.1) is 0 Å². The summed E-state index contributed by atoms with van der Waals surface area (Å²) in [6.45, 7) is 0. The molecule has 0 aliphatic rings. The highest BCUT2D eigenvalue weighted by Crippen LogP contribution is 2.38. The van der Waals surface area contributed by atoms with E-state index in [9.17, 15) is 9.59 Å². The summed E-state index contributed by atoms with van der Waals surface area (Å²) in [5.41, 5.74) is 3.87. The molecule has 3 rings (SSSR count). The van der Waals surface area contributed by atoms with Crippen molar-refractivity contribution >= 4 is 34.0 Å². The topological polar surface area (TPSA) is 95.5 Å². The zero-order valence-electron chi connectivity index (χ0n) is 18.1. The van der Waals surface area contributed by atoms with Gasteiger partial charge in [0.2, 0.25) is 5.75 Å². The molecule has 0 radical (unpaired) electrons. The Labute approximate surface area is 199 Å². The molecule has 0 aliphatic heterocycles. The maximum Gasteiger partial charge on any atom is 0.343 e. The number of halogens is 1. The third-order valence-corrected chi connectivity index (χ3v) is 4.95. The molecule has 33 heavy (non-hydrogen) atoms. The Balaban J connectivity index is 1.62. The van der Waals surface area contributed by atoms with Gasteiger partial charge in [-0.2, -0.15) is 5.10 Å². The Kier molecular flexibility index (Phi) is 8.04. The van der Waals surface area contributed by atoms with Crippen LogP contribution in [-0.4, -0.2) is 39.4 Å². The highest BCUT2D eigenvalue weighted by atomic mass is 79.9. The van der Waals surface area contributed by atoms with Crippen molar-refractivity contribution < 1.29 is 28.5 Å². The first-order valence-corrected chi connectivity index (χ1v) is 10.5. The van der Waals surface area contributed by atoms with Gasteiger partial charge >= 0.3 is 5.97 Å². The Morgan fingerprint density at radius 1 is 0.879 bits per heavy atom.